The molecule has 0 aromatic carbocycles. The van der Waals surface area contributed by atoms with Crippen LogP contribution in [0.25, 0.3) is 0 Å². The predicted molar refractivity (Wildman–Crippen MR) is 92.1 cm³/mol. The molecule has 0 atom stereocenters. The van der Waals surface area contributed by atoms with Crippen LogP contribution < -0.4 is 0 Å². The summed E-state index contributed by atoms with van der Waals surface area (Å²) in [6, 6.07) is 0. The normalized spacial score (nSPS) is 12.2. The minimum atomic E-state index is -1.24. The van der Waals surface area contributed by atoms with E-state index in [1.165, 1.54) is 56.6 Å². The Morgan fingerprint density at radius 1 is 0.895 bits per heavy atom. The Kier molecular flexibility index (Phi) is 11.1. The van der Waals surface area contributed by atoms with E-state index in [0.29, 0.717) is 0 Å². The third-order valence-electron chi connectivity index (χ3n) is 3.34. The smallest absolute Gasteiger partial charge is 0.0879 e. The second-order valence-electron chi connectivity index (χ2n) is 6.48. The van der Waals surface area contributed by atoms with Gasteiger partial charge in [0.1, 0.15) is 0 Å². The van der Waals surface area contributed by atoms with E-state index >= 15 is 0 Å². The average molecular weight is 279 g/mol. The molecule has 0 aliphatic carbocycles. The molecular weight excluding hydrogens is 244 g/mol. The van der Waals surface area contributed by atoms with Crippen molar-refractivity contribution in [1.29, 1.82) is 0 Å². The van der Waals surface area contributed by atoms with Crippen molar-refractivity contribution in [1.82, 2.24) is 0 Å². The fourth-order valence-corrected chi connectivity index (χ4v) is 3.20. The van der Waals surface area contributed by atoms with Crippen molar-refractivity contribution in [3.8, 4) is 11.8 Å². The van der Waals surface area contributed by atoms with Crippen LogP contribution >= 0.6 is 0 Å². The lowest BCUT2D eigenvalue weighted by atomic mass is 10.1. The van der Waals surface area contributed by atoms with Gasteiger partial charge >= 0.3 is 0 Å². The van der Waals surface area contributed by atoms with Crippen LogP contribution in [0.4, 0.5) is 0 Å². The lowest BCUT2D eigenvalue weighted by Gasteiger charge is -2.16. The molecule has 0 aromatic heterocycles. The van der Waals surface area contributed by atoms with Crippen LogP contribution in [-0.4, -0.2) is 8.07 Å². The Labute approximate surface area is 123 Å². The van der Waals surface area contributed by atoms with Gasteiger partial charge in [-0.15, -0.1) is 0 Å². The van der Waals surface area contributed by atoms with Gasteiger partial charge in [0, 0.05) is 6.42 Å². The van der Waals surface area contributed by atoms with Gasteiger partial charge in [-0.05, 0) is 24.5 Å². The van der Waals surface area contributed by atoms with E-state index in [1.54, 1.807) is 0 Å². The Morgan fingerprint density at radius 3 is 2.11 bits per heavy atom. The second kappa shape index (κ2) is 11.4. The first kappa shape index (κ1) is 18.5. The number of hydrogen-bond acceptors (Lipinski definition) is 0. The van der Waals surface area contributed by atoms with Gasteiger partial charge in [0.15, 0.2) is 0 Å². The van der Waals surface area contributed by atoms with E-state index in [2.05, 4.69) is 51.4 Å². The molecule has 0 heterocycles. The zero-order valence-corrected chi connectivity index (χ0v) is 14.9. The maximum absolute atomic E-state index is 3.48. The largest absolute Gasteiger partial charge is 0.0987 e. The number of unbranched alkanes of at least 4 members (excludes halogenated alkanes) is 7. The molecule has 0 nitrogen and oxygen atoms in total. The summed E-state index contributed by atoms with van der Waals surface area (Å²) in [5.74, 6) is 6.88. The summed E-state index contributed by atoms with van der Waals surface area (Å²) in [5, 5.41) is 1.47. The average Bonchev–Trinajstić information content (AvgIpc) is 2.34. The van der Waals surface area contributed by atoms with Gasteiger partial charge in [-0.2, -0.15) is 0 Å². The highest BCUT2D eigenvalue weighted by Crippen LogP contribution is 2.16. The molecule has 110 valence electrons. The van der Waals surface area contributed by atoms with Crippen LogP contribution in [0, 0.1) is 11.8 Å². The SMILES string of the molecule is CCCCCC#C/C(=C/CCCCCC)[Si](C)(C)C. The van der Waals surface area contributed by atoms with Crippen molar-refractivity contribution in [3.63, 3.8) is 0 Å². The molecule has 1 heteroatoms. The lowest BCUT2D eigenvalue weighted by molar-refractivity contribution is 0.674. The summed E-state index contributed by atoms with van der Waals surface area (Å²) in [6.07, 6.45) is 14.0. The van der Waals surface area contributed by atoms with Crippen molar-refractivity contribution in [2.24, 2.45) is 0 Å². The minimum absolute atomic E-state index is 1.07. The van der Waals surface area contributed by atoms with E-state index in [1.807, 2.05) is 0 Å². The van der Waals surface area contributed by atoms with Crippen molar-refractivity contribution in [2.75, 3.05) is 0 Å². The standard InChI is InChI=1S/C18H34Si/c1-6-8-10-12-14-16-18(19(3,4)5)17-15-13-11-9-7-2/h16H,6-14H2,1-5H3/b18-16-. The topological polar surface area (TPSA) is 0 Å². The van der Waals surface area contributed by atoms with Crippen LogP contribution in [-0.2, 0) is 0 Å². The summed E-state index contributed by atoms with van der Waals surface area (Å²) >= 11 is 0. The van der Waals surface area contributed by atoms with Gasteiger partial charge in [-0.3, -0.25) is 0 Å². The van der Waals surface area contributed by atoms with E-state index in [0.717, 1.165) is 6.42 Å². The molecule has 0 aromatic rings. The zero-order valence-electron chi connectivity index (χ0n) is 13.9. The Morgan fingerprint density at radius 2 is 1.53 bits per heavy atom. The molecule has 0 amide bonds. The fourth-order valence-electron chi connectivity index (χ4n) is 1.98. The fraction of sp³-hybridized carbons (Fsp3) is 0.778. The molecule has 0 saturated carbocycles. The second-order valence-corrected chi connectivity index (χ2v) is 11.5. The maximum atomic E-state index is 3.48. The van der Waals surface area contributed by atoms with Gasteiger partial charge < -0.3 is 0 Å². The van der Waals surface area contributed by atoms with Crippen LogP contribution in [0.15, 0.2) is 11.3 Å². The summed E-state index contributed by atoms with van der Waals surface area (Å²) in [6.45, 7) is 11.7. The van der Waals surface area contributed by atoms with Gasteiger partial charge in [-0.25, -0.2) is 0 Å². The predicted octanol–water partition coefficient (Wildman–Crippen LogP) is 6.34. The van der Waals surface area contributed by atoms with E-state index in [4.69, 9.17) is 0 Å². The molecule has 0 saturated heterocycles. The molecule has 0 aliphatic heterocycles. The lowest BCUT2D eigenvalue weighted by Crippen LogP contribution is -2.23. The molecule has 0 aliphatic rings. The van der Waals surface area contributed by atoms with E-state index in [-0.39, 0.29) is 0 Å². The molecule has 0 N–H and O–H groups in total. The molecule has 0 radical (unpaired) electrons. The van der Waals surface area contributed by atoms with Crippen LogP contribution in [0.2, 0.25) is 19.6 Å². The third-order valence-corrected chi connectivity index (χ3v) is 5.29. The number of allylic oxidation sites excluding steroid dienone is 2. The van der Waals surface area contributed by atoms with Gasteiger partial charge in [0.2, 0.25) is 0 Å². The van der Waals surface area contributed by atoms with Crippen LogP contribution in [0.3, 0.4) is 0 Å². The van der Waals surface area contributed by atoms with Crippen molar-refractivity contribution in [2.45, 2.75) is 91.3 Å². The van der Waals surface area contributed by atoms with Crippen LogP contribution in [0.5, 0.6) is 0 Å². The first-order chi connectivity index (χ1) is 9.02. The highest BCUT2D eigenvalue weighted by Gasteiger charge is 2.17. The zero-order chi connectivity index (χ0) is 14.6. The Balaban J connectivity index is 4.27. The molecule has 0 bridgehead atoms. The number of rotatable bonds is 9. The van der Waals surface area contributed by atoms with E-state index < -0.39 is 8.07 Å². The molecule has 0 fully saturated rings. The molecule has 19 heavy (non-hydrogen) atoms. The number of hydrogen-bond donors (Lipinski definition) is 0. The summed E-state index contributed by atoms with van der Waals surface area (Å²) in [7, 11) is -1.24. The maximum Gasteiger partial charge on any atom is 0.0879 e. The van der Waals surface area contributed by atoms with Gasteiger partial charge in [0.05, 0.1) is 8.07 Å². The van der Waals surface area contributed by atoms with E-state index in [9.17, 15) is 0 Å². The summed E-state index contributed by atoms with van der Waals surface area (Å²) < 4.78 is 0. The highest BCUT2D eigenvalue weighted by atomic mass is 28.3. The Hall–Kier alpha value is -0.483. The van der Waals surface area contributed by atoms with Crippen molar-refractivity contribution in [3.05, 3.63) is 11.3 Å². The minimum Gasteiger partial charge on any atom is -0.0987 e. The third kappa shape index (κ3) is 11.1. The quantitative estimate of drug-likeness (QED) is 0.262. The molecule has 0 spiro atoms. The first-order valence-corrected chi connectivity index (χ1v) is 11.7. The molecule has 0 unspecified atom stereocenters. The van der Waals surface area contributed by atoms with Gasteiger partial charge in [-0.1, -0.05) is 83.5 Å². The van der Waals surface area contributed by atoms with Crippen LogP contribution in [0.1, 0.15) is 71.6 Å². The first-order valence-electron chi connectivity index (χ1n) is 8.21. The highest BCUT2D eigenvalue weighted by molar-refractivity contribution is 6.84. The van der Waals surface area contributed by atoms with Crippen molar-refractivity contribution < 1.29 is 0 Å². The molecular formula is C18H34Si. The molecule has 0 rings (SSSR count). The van der Waals surface area contributed by atoms with Gasteiger partial charge in [0.25, 0.3) is 0 Å². The summed E-state index contributed by atoms with van der Waals surface area (Å²) in [4.78, 5) is 0. The monoisotopic (exact) mass is 278 g/mol. The summed E-state index contributed by atoms with van der Waals surface area (Å²) in [5.41, 5.74) is 0. The van der Waals surface area contributed by atoms with Crippen molar-refractivity contribution >= 4 is 8.07 Å². The Bertz CT molecular complexity index is 296.